The molecule has 1 saturated carbocycles. The summed E-state index contributed by atoms with van der Waals surface area (Å²) in [6, 6.07) is 0. The summed E-state index contributed by atoms with van der Waals surface area (Å²) in [5.41, 5.74) is 0. The van der Waals surface area contributed by atoms with Crippen molar-refractivity contribution in [2.24, 2.45) is 0 Å². The Bertz CT molecular complexity index is 327. The molecule has 6 heteroatoms. The molecular weight excluding hydrogens is 254 g/mol. The Kier molecular flexibility index (Phi) is 4.97. The number of morpholine rings is 1. The summed E-state index contributed by atoms with van der Waals surface area (Å²) in [4.78, 5) is 4.51. The number of halogens is 1. The Morgan fingerprint density at radius 1 is 1.17 bits per heavy atom. The Morgan fingerprint density at radius 2 is 2.00 bits per heavy atom. The summed E-state index contributed by atoms with van der Waals surface area (Å²) in [5.74, 6) is 2.02. The second-order valence-electron chi connectivity index (χ2n) is 4.89. The molecule has 1 aromatic rings. The molecule has 2 aliphatic rings. The molecule has 1 atom stereocenters. The molecule has 102 valence electrons. The third-order valence-electron chi connectivity index (χ3n) is 3.63. The highest BCUT2D eigenvalue weighted by Crippen LogP contribution is 2.31. The van der Waals surface area contributed by atoms with E-state index in [1.807, 2.05) is 0 Å². The lowest BCUT2D eigenvalue weighted by atomic mass is 9.89. The molecule has 5 nitrogen and oxygen atoms in total. The average Bonchev–Trinajstić information content (AvgIpc) is 2.90. The highest BCUT2D eigenvalue weighted by molar-refractivity contribution is 5.85. The standard InChI is InChI=1S/C12H19N3O2.ClH/c1-2-4-9(5-3-1)11-14-12(17-15-11)10-8-13-6-7-16-10;/h9-10,13H,1-8H2;1H/t10-;/m1./s1. The summed E-state index contributed by atoms with van der Waals surface area (Å²) in [7, 11) is 0. The van der Waals surface area contributed by atoms with Crippen LogP contribution in [0.15, 0.2) is 4.52 Å². The molecule has 1 aliphatic heterocycles. The molecule has 18 heavy (non-hydrogen) atoms. The molecule has 0 bridgehead atoms. The van der Waals surface area contributed by atoms with E-state index < -0.39 is 0 Å². The predicted octanol–water partition coefficient (Wildman–Crippen LogP) is 2.20. The van der Waals surface area contributed by atoms with Gasteiger partial charge in [-0.15, -0.1) is 12.4 Å². The van der Waals surface area contributed by atoms with Crippen LogP contribution in [-0.2, 0) is 4.74 Å². The van der Waals surface area contributed by atoms with Crippen LogP contribution in [0.25, 0.3) is 0 Å². The molecule has 0 amide bonds. The topological polar surface area (TPSA) is 60.2 Å². The monoisotopic (exact) mass is 273 g/mol. The van der Waals surface area contributed by atoms with Crippen LogP contribution in [0, 0.1) is 0 Å². The van der Waals surface area contributed by atoms with E-state index in [-0.39, 0.29) is 18.5 Å². The van der Waals surface area contributed by atoms with Crippen LogP contribution in [-0.4, -0.2) is 29.8 Å². The first-order valence-corrected chi connectivity index (χ1v) is 6.59. The Balaban J connectivity index is 0.00000120. The molecule has 1 aliphatic carbocycles. The summed E-state index contributed by atoms with van der Waals surface area (Å²) in [6.07, 6.45) is 6.25. The van der Waals surface area contributed by atoms with Crippen LogP contribution in [0.3, 0.4) is 0 Å². The van der Waals surface area contributed by atoms with Crippen LogP contribution in [0.5, 0.6) is 0 Å². The van der Waals surface area contributed by atoms with Crippen molar-refractivity contribution < 1.29 is 9.26 Å². The number of hydrogen-bond acceptors (Lipinski definition) is 5. The van der Waals surface area contributed by atoms with E-state index in [4.69, 9.17) is 9.26 Å². The van der Waals surface area contributed by atoms with Gasteiger partial charge in [0.15, 0.2) is 5.82 Å². The summed E-state index contributed by atoms with van der Waals surface area (Å²) in [6.45, 7) is 2.39. The SMILES string of the molecule is C1CCC(c2noc([C@H]3CNCCO3)n2)CC1.Cl. The highest BCUT2D eigenvalue weighted by atomic mass is 35.5. The van der Waals surface area contributed by atoms with Gasteiger partial charge in [0, 0.05) is 19.0 Å². The molecule has 0 unspecified atom stereocenters. The molecule has 1 aromatic heterocycles. The van der Waals surface area contributed by atoms with Crippen molar-refractivity contribution in [3.8, 4) is 0 Å². The van der Waals surface area contributed by atoms with Crippen molar-refractivity contribution >= 4 is 12.4 Å². The van der Waals surface area contributed by atoms with Crippen molar-refractivity contribution in [2.45, 2.75) is 44.1 Å². The lowest BCUT2D eigenvalue weighted by Gasteiger charge is -2.20. The molecule has 0 aromatic carbocycles. The van der Waals surface area contributed by atoms with Gasteiger partial charge < -0.3 is 14.6 Å². The van der Waals surface area contributed by atoms with Crippen molar-refractivity contribution in [3.63, 3.8) is 0 Å². The van der Waals surface area contributed by atoms with Gasteiger partial charge >= 0.3 is 0 Å². The lowest BCUT2D eigenvalue weighted by Crippen LogP contribution is -2.33. The van der Waals surface area contributed by atoms with Gasteiger partial charge in [-0.1, -0.05) is 24.4 Å². The highest BCUT2D eigenvalue weighted by Gasteiger charge is 2.25. The molecule has 0 radical (unpaired) electrons. The minimum Gasteiger partial charge on any atom is -0.366 e. The van der Waals surface area contributed by atoms with Gasteiger partial charge in [-0.2, -0.15) is 4.98 Å². The van der Waals surface area contributed by atoms with E-state index in [1.165, 1.54) is 32.1 Å². The average molecular weight is 274 g/mol. The van der Waals surface area contributed by atoms with Gasteiger partial charge in [0.1, 0.15) is 6.10 Å². The Morgan fingerprint density at radius 3 is 2.72 bits per heavy atom. The van der Waals surface area contributed by atoms with E-state index in [0.29, 0.717) is 18.4 Å². The molecular formula is C12H20ClN3O2. The van der Waals surface area contributed by atoms with E-state index in [0.717, 1.165) is 18.9 Å². The normalized spacial score (nSPS) is 25.7. The van der Waals surface area contributed by atoms with Crippen LogP contribution in [0.4, 0.5) is 0 Å². The van der Waals surface area contributed by atoms with Crippen molar-refractivity contribution in [1.29, 1.82) is 0 Å². The van der Waals surface area contributed by atoms with Crippen LogP contribution < -0.4 is 5.32 Å². The van der Waals surface area contributed by atoms with Gasteiger partial charge in [0.25, 0.3) is 5.89 Å². The first-order chi connectivity index (χ1) is 8.43. The minimum atomic E-state index is -0.0615. The van der Waals surface area contributed by atoms with E-state index >= 15 is 0 Å². The second kappa shape index (κ2) is 6.50. The maximum atomic E-state index is 5.61. The fourth-order valence-electron chi connectivity index (χ4n) is 2.63. The van der Waals surface area contributed by atoms with Gasteiger partial charge in [-0.25, -0.2) is 0 Å². The Labute approximate surface area is 113 Å². The number of aromatic nitrogens is 2. The number of nitrogens with one attached hydrogen (secondary N) is 1. The smallest absolute Gasteiger partial charge is 0.257 e. The van der Waals surface area contributed by atoms with Crippen molar-refractivity contribution in [2.75, 3.05) is 19.7 Å². The number of ether oxygens (including phenoxy) is 1. The largest absolute Gasteiger partial charge is 0.366 e. The first-order valence-electron chi connectivity index (χ1n) is 6.59. The molecule has 1 saturated heterocycles. The van der Waals surface area contributed by atoms with Gasteiger partial charge in [0.05, 0.1) is 6.61 Å². The fraction of sp³-hybridized carbons (Fsp3) is 0.833. The fourth-order valence-corrected chi connectivity index (χ4v) is 2.63. The van der Waals surface area contributed by atoms with Gasteiger partial charge in [-0.05, 0) is 12.8 Å². The van der Waals surface area contributed by atoms with Crippen LogP contribution >= 0.6 is 12.4 Å². The van der Waals surface area contributed by atoms with Crippen molar-refractivity contribution in [3.05, 3.63) is 11.7 Å². The first kappa shape index (κ1) is 13.8. The maximum absolute atomic E-state index is 5.61. The van der Waals surface area contributed by atoms with Gasteiger partial charge in [0.2, 0.25) is 0 Å². The third kappa shape index (κ3) is 3.02. The van der Waals surface area contributed by atoms with E-state index in [2.05, 4.69) is 15.5 Å². The van der Waals surface area contributed by atoms with E-state index in [9.17, 15) is 0 Å². The summed E-state index contributed by atoms with van der Waals surface area (Å²) in [5, 5.41) is 7.39. The van der Waals surface area contributed by atoms with Crippen LogP contribution in [0.1, 0.15) is 55.8 Å². The second-order valence-corrected chi connectivity index (χ2v) is 4.89. The number of hydrogen-bond donors (Lipinski definition) is 1. The maximum Gasteiger partial charge on any atom is 0.257 e. The number of nitrogens with zero attached hydrogens (tertiary/aromatic N) is 2. The summed E-state index contributed by atoms with van der Waals surface area (Å²) >= 11 is 0. The minimum absolute atomic E-state index is 0. The van der Waals surface area contributed by atoms with Crippen molar-refractivity contribution in [1.82, 2.24) is 15.5 Å². The van der Waals surface area contributed by atoms with E-state index in [1.54, 1.807) is 0 Å². The molecule has 2 heterocycles. The number of rotatable bonds is 2. The third-order valence-corrected chi connectivity index (χ3v) is 3.63. The predicted molar refractivity (Wildman–Crippen MR) is 68.9 cm³/mol. The Hall–Kier alpha value is -0.650. The quantitative estimate of drug-likeness (QED) is 0.895. The van der Waals surface area contributed by atoms with Gasteiger partial charge in [-0.3, -0.25) is 0 Å². The molecule has 1 N–H and O–H groups in total. The molecule has 3 rings (SSSR count). The van der Waals surface area contributed by atoms with Crippen LogP contribution in [0.2, 0.25) is 0 Å². The zero-order chi connectivity index (χ0) is 11.5. The zero-order valence-corrected chi connectivity index (χ0v) is 11.2. The molecule has 0 spiro atoms. The lowest BCUT2D eigenvalue weighted by molar-refractivity contribution is 0.00755. The molecule has 2 fully saturated rings. The summed E-state index contributed by atoms with van der Waals surface area (Å²) < 4.78 is 10.9. The zero-order valence-electron chi connectivity index (χ0n) is 10.4.